The Balaban J connectivity index is 2.48. The van der Waals surface area contributed by atoms with E-state index in [1.807, 2.05) is 26.8 Å². The van der Waals surface area contributed by atoms with E-state index < -0.39 is 5.91 Å². The van der Waals surface area contributed by atoms with Crippen molar-refractivity contribution in [2.75, 3.05) is 0 Å². The van der Waals surface area contributed by atoms with Crippen LogP contribution in [0.4, 0.5) is 0 Å². The molecule has 2 heterocycles. The number of aryl methyl sites for hydroxylation is 1. The summed E-state index contributed by atoms with van der Waals surface area (Å²) >= 11 is 1.27. The second-order valence-corrected chi connectivity index (χ2v) is 5.25. The monoisotopic (exact) mass is 262 g/mol. The Hall–Kier alpha value is -1.82. The third-order valence-corrected chi connectivity index (χ3v) is 3.63. The average Bonchev–Trinajstić information content (AvgIpc) is 2.72. The molecule has 0 bridgehead atoms. The molecule has 6 heteroatoms. The summed E-state index contributed by atoms with van der Waals surface area (Å²) in [5.41, 5.74) is 6.78. The molecule has 0 fully saturated rings. The minimum absolute atomic E-state index is 0.258. The quantitative estimate of drug-likeness (QED) is 0.918. The van der Waals surface area contributed by atoms with Crippen molar-refractivity contribution in [2.24, 2.45) is 5.73 Å². The number of hydrogen-bond acceptors (Lipinski definition) is 5. The Morgan fingerprint density at radius 3 is 2.67 bits per heavy atom. The molecule has 0 atom stereocenters. The van der Waals surface area contributed by atoms with E-state index >= 15 is 0 Å². The van der Waals surface area contributed by atoms with Crippen LogP contribution in [0.15, 0.2) is 12.3 Å². The maximum Gasteiger partial charge on any atom is 0.277 e. The van der Waals surface area contributed by atoms with Gasteiger partial charge in [-0.25, -0.2) is 15.0 Å². The lowest BCUT2D eigenvalue weighted by molar-refractivity contribution is 0.1000. The van der Waals surface area contributed by atoms with E-state index in [1.54, 1.807) is 6.20 Å². The van der Waals surface area contributed by atoms with Gasteiger partial charge >= 0.3 is 0 Å². The van der Waals surface area contributed by atoms with Gasteiger partial charge in [-0.15, -0.1) is 11.3 Å². The molecule has 0 unspecified atom stereocenters. The number of rotatable bonds is 3. The first kappa shape index (κ1) is 12.6. The maximum absolute atomic E-state index is 11.1. The predicted molar refractivity (Wildman–Crippen MR) is 70.5 cm³/mol. The standard InChI is InChI=1S/C12H14N4OS/c1-6(2)11-14-5-4-8(16-11)9-7(3)15-12(18-9)10(13)17/h4-6H,1-3H3,(H2,13,17). The van der Waals surface area contributed by atoms with Gasteiger partial charge in [0, 0.05) is 12.1 Å². The molecule has 0 radical (unpaired) electrons. The summed E-state index contributed by atoms with van der Waals surface area (Å²) < 4.78 is 0. The zero-order valence-corrected chi connectivity index (χ0v) is 11.3. The number of carbonyl (C=O) groups is 1. The van der Waals surface area contributed by atoms with Crippen LogP contribution in [0.5, 0.6) is 0 Å². The van der Waals surface area contributed by atoms with Gasteiger partial charge in [-0.2, -0.15) is 0 Å². The molecule has 2 rings (SSSR count). The summed E-state index contributed by atoms with van der Waals surface area (Å²) in [6.45, 7) is 5.91. The number of hydrogen-bond donors (Lipinski definition) is 1. The van der Waals surface area contributed by atoms with E-state index in [0.717, 1.165) is 22.1 Å². The van der Waals surface area contributed by atoms with Crippen molar-refractivity contribution >= 4 is 17.2 Å². The van der Waals surface area contributed by atoms with Crippen LogP contribution < -0.4 is 5.73 Å². The summed E-state index contributed by atoms with van der Waals surface area (Å²) in [5, 5.41) is 0.312. The molecule has 0 saturated carbocycles. The van der Waals surface area contributed by atoms with Crippen LogP contribution in [0.2, 0.25) is 0 Å². The molecule has 18 heavy (non-hydrogen) atoms. The Morgan fingerprint density at radius 2 is 2.11 bits per heavy atom. The van der Waals surface area contributed by atoms with Crippen molar-refractivity contribution in [1.82, 2.24) is 15.0 Å². The smallest absolute Gasteiger partial charge is 0.277 e. The summed E-state index contributed by atoms with van der Waals surface area (Å²) in [4.78, 5) is 24.8. The van der Waals surface area contributed by atoms with Crippen LogP contribution in [0, 0.1) is 6.92 Å². The molecule has 94 valence electrons. The minimum atomic E-state index is -0.507. The second kappa shape index (κ2) is 4.81. The first-order valence-corrected chi connectivity index (χ1v) is 6.41. The summed E-state index contributed by atoms with van der Waals surface area (Å²) in [5.74, 6) is 0.530. The molecule has 0 saturated heterocycles. The Labute approximate surface area is 109 Å². The van der Waals surface area contributed by atoms with Crippen molar-refractivity contribution in [1.29, 1.82) is 0 Å². The largest absolute Gasteiger partial charge is 0.364 e. The molecule has 0 aliphatic rings. The van der Waals surface area contributed by atoms with Crippen LogP contribution in [-0.2, 0) is 0 Å². The highest BCUT2D eigenvalue weighted by atomic mass is 32.1. The first-order chi connectivity index (χ1) is 8.49. The molecule has 5 nitrogen and oxygen atoms in total. The Kier molecular flexibility index (Phi) is 3.38. The van der Waals surface area contributed by atoms with Crippen molar-refractivity contribution < 1.29 is 4.79 Å². The number of aromatic nitrogens is 3. The number of amides is 1. The van der Waals surface area contributed by atoms with E-state index in [0.29, 0.717) is 5.01 Å². The molecule has 0 spiro atoms. The number of nitrogens with two attached hydrogens (primary N) is 1. The van der Waals surface area contributed by atoms with Gasteiger partial charge < -0.3 is 5.73 Å². The van der Waals surface area contributed by atoms with Gasteiger partial charge in [0.15, 0.2) is 5.01 Å². The van der Waals surface area contributed by atoms with E-state index in [4.69, 9.17) is 5.73 Å². The van der Waals surface area contributed by atoms with Crippen molar-refractivity contribution in [2.45, 2.75) is 26.7 Å². The highest BCUT2D eigenvalue weighted by Crippen LogP contribution is 2.28. The lowest BCUT2D eigenvalue weighted by Gasteiger charge is -2.04. The molecule has 2 N–H and O–H groups in total. The first-order valence-electron chi connectivity index (χ1n) is 5.59. The minimum Gasteiger partial charge on any atom is -0.364 e. The third kappa shape index (κ3) is 2.38. The van der Waals surface area contributed by atoms with E-state index in [-0.39, 0.29) is 5.92 Å². The highest BCUT2D eigenvalue weighted by molar-refractivity contribution is 7.17. The van der Waals surface area contributed by atoms with Crippen LogP contribution in [0.25, 0.3) is 10.6 Å². The summed E-state index contributed by atoms with van der Waals surface area (Å²) in [6.07, 6.45) is 1.72. The van der Waals surface area contributed by atoms with Gasteiger partial charge in [0.05, 0.1) is 16.3 Å². The molecule has 0 aliphatic heterocycles. The lowest BCUT2D eigenvalue weighted by atomic mass is 10.2. The van der Waals surface area contributed by atoms with Gasteiger partial charge in [0.2, 0.25) is 0 Å². The molecule has 1 amide bonds. The lowest BCUT2D eigenvalue weighted by Crippen LogP contribution is -2.10. The van der Waals surface area contributed by atoms with Crippen LogP contribution in [-0.4, -0.2) is 20.9 Å². The van der Waals surface area contributed by atoms with Crippen molar-refractivity contribution in [3.05, 3.63) is 28.8 Å². The van der Waals surface area contributed by atoms with Crippen LogP contribution in [0.1, 0.15) is 41.1 Å². The molecular formula is C12H14N4OS. The zero-order chi connectivity index (χ0) is 13.3. The molecule has 2 aromatic rings. The van der Waals surface area contributed by atoms with Crippen LogP contribution in [0.3, 0.4) is 0 Å². The normalized spacial score (nSPS) is 10.9. The number of carbonyl (C=O) groups excluding carboxylic acids is 1. The third-order valence-electron chi connectivity index (χ3n) is 2.43. The van der Waals surface area contributed by atoms with Gasteiger partial charge in [-0.3, -0.25) is 4.79 Å². The average molecular weight is 262 g/mol. The van der Waals surface area contributed by atoms with E-state index in [9.17, 15) is 4.79 Å². The van der Waals surface area contributed by atoms with Gasteiger partial charge in [0.1, 0.15) is 5.82 Å². The fraction of sp³-hybridized carbons (Fsp3) is 0.333. The maximum atomic E-state index is 11.1. The zero-order valence-electron chi connectivity index (χ0n) is 10.5. The van der Waals surface area contributed by atoms with Crippen molar-refractivity contribution in [3.63, 3.8) is 0 Å². The predicted octanol–water partition coefficient (Wildman–Crippen LogP) is 2.13. The van der Waals surface area contributed by atoms with Crippen molar-refractivity contribution in [3.8, 4) is 10.6 Å². The number of primary amides is 1. The summed E-state index contributed by atoms with van der Waals surface area (Å²) in [7, 11) is 0. The highest BCUT2D eigenvalue weighted by Gasteiger charge is 2.15. The molecule has 0 aromatic carbocycles. The molecular weight excluding hydrogens is 248 g/mol. The van der Waals surface area contributed by atoms with E-state index in [1.165, 1.54) is 11.3 Å². The molecule has 2 aromatic heterocycles. The van der Waals surface area contributed by atoms with Gasteiger partial charge in [-0.1, -0.05) is 13.8 Å². The number of nitrogens with zero attached hydrogens (tertiary/aromatic N) is 3. The summed E-state index contributed by atoms with van der Waals surface area (Å²) in [6, 6.07) is 1.82. The second-order valence-electron chi connectivity index (χ2n) is 4.25. The van der Waals surface area contributed by atoms with Crippen LogP contribution >= 0.6 is 11.3 Å². The fourth-order valence-corrected chi connectivity index (χ4v) is 2.41. The Morgan fingerprint density at radius 1 is 1.39 bits per heavy atom. The van der Waals surface area contributed by atoms with Gasteiger partial charge in [0.25, 0.3) is 5.91 Å². The van der Waals surface area contributed by atoms with E-state index in [2.05, 4.69) is 15.0 Å². The Bertz CT molecular complexity index is 592. The molecule has 0 aliphatic carbocycles. The van der Waals surface area contributed by atoms with Gasteiger partial charge in [-0.05, 0) is 13.0 Å². The topological polar surface area (TPSA) is 81.8 Å². The number of thiazole rings is 1. The SMILES string of the molecule is Cc1nc(C(N)=O)sc1-c1ccnc(C(C)C)n1. The fourth-order valence-electron chi connectivity index (χ4n) is 1.52.